The van der Waals surface area contributed by atoms with Crippen LogP contribution in [0.15, 0.2) is 59.5 Å². The SMILES string of the molecule is CC(C)OC(=O)NC(CCN1CCC2(CC1)NC(=O)N(Cc1ccc(S(C)(=O)=O)cc1)C2=O)c1ccccc1. The van der Waals surface area contributed by atoms with Crippen molar-refractivity contribution < 1.29 is 27.5 Å². The van der Waals surface area contributed by atoms with Gasteiger partial charge in [-0.25, -0.2) is 18.0 Å². The van der Waals surface area contributed by atoms with Gasteiger partial charge in [0.15, 0.2) is 9.84 Å². The van der Waals surface area contributed by atoms with Gasteiger partial charge in [-0.3, -0.25) is 9.69 Å². The number of carbonyl (C=O) groups is 3. The molecule has 11 heteroatoms. The second kappa shape index (κ2) is 11.7. The Morgan fingerprint density at radius 2 is 1.69 bits per heavy atom. The first-order valence-electron chi connectivity index (χ1n) is 13.1. The summed E-state index contributed by atoms with van der Waals surface area (Å²) in [6, 6.07) is 15.3. The molecular weight excluding hydrogens is 520 g/mol. The Morgan fingerprint density at radius 3 is 2.28 bits per heavy atom. The van der Waals surface area contributed by atoms with E-state index in [2.05, 4.69) is 15.5 Å². The molecule has 0 radical (unpaired) electrons. The van der Waals surface area contributed by atoms with Crippen LogP contribution >= 0.6 is 0 Å². The smallest absolute Gasteiger partial charge is 0.407 e. The number of hydrogen-bond donors (Lipinski definition) is 2. The number of ether oxygens (including phenoxy) is 1. The van der Waals surface area contributed by atoms with E-state index in [0.717, 1.165) is 11.8 Å². The number of amides is 4. The summed E-state index contributed by atoms with van der Waals surface area (Å²) in [7, 11) is -3.32. The number of hydrogen-bond acceptors (Lipinski definition) is 7. The van der Waals surface area contributed by atoms with Crippen LogP contribution in [0.2, 0.25) is 0 Å². The summed E-state index contributed by atoms with van der Waals surface area (Å²) in [4.78, 5) is 42.0. The van der Waals surface area contributed by atoms with Gasteiger partial charge < -0.3 is 20.3 Å². The van der Waals surface area contributed by atoms with Crippen LogP contribution in [0, 0.1) is 0 Å². The van der Waals surface area contributed by atoms with Crippen LogP contribution in [0.5, 0.6) is 0 Å². The van der Waals surface area contributed by atoms with E-state index >= 15 is 0 Å². The Bertz CT molecular complexity index is 1290. The second-order valence-electron chi connectivity index (χ2n) is 10.5. The van der Waals surface area contributed by atoms with Gasteiger partial charge >= 0.3 is 12.1 Å². The average Bonchev–Trinajstić information content (AvgIpc) is 3.11. The van der Waals surface area contributed by atoms with Gasteiger partial charge in [0.1, 0.15) is 5.54 Å². The normalized spacial score (nSPS) is 18.3. The highest BCUT2D eigenvalue weighted by Gasteiger charge is 2.52. The van der Waals surface area contributed by atoms with Crippen molar-refractivity contribution in [2.45, 2.75) is 62.2 Å². The van der Waals surface area contributed by atoms with Crippen LogP contribution in [-0.2, 0) is 25.9 Å². The van der Waals surface area contributed by atoms with Crippen molar-refractivity contribution in [1.82, 2.24) is 20.4 Å². The summed E-state index contributed by atoms with van der Waals surface area (Å²) in [5.41, 5.74) is 0.735. The van der Waals surface area contributed by atoms with Gasteiger partial charge in [0, 0.05) is 25.9 Å². The fourth-order valence-corrected chi connectivity index (χ4v) is 5.68. The lowest BCUT2D eigenvalue weighted by Crippen LogP contribution is -2.55. The first-order chi connectivity index (χ1) is 18.5. The van der Waals surface area contributed by atoms with Gasteiger partial charge in [-0.15, -0.1) is 0 Å². The number of likely N-dealkylation sites (tertiary alicyclic amines) is 1. The van der Waals surface area contributed by atoms with E-state index < -0.39 is 27.5 Å². The topological polar surface area (TPSA) is 125 Å². The molecule has 210 valence electrons. The number of imide groups is 1. The average molecular weight is 557 g/mol. The summed E-state index contributed by atoms with van der Waals surface area (Å²) < 4.78 is 28.7. The summed E-state index contributed by atoms with van der Waals surface area (Å²) in [6.45, 7) is 5.65. The Morgan fingerprint density at radius 1 is 1.05 bits per heavy atom. The van der Waals surface area contributed by atoms with Crippen LogP contribution in [-0.4, -0.2) is 73.8 Å². The Balaban J connectivity index is 1.34. The third kappa shape index (κ3) is 6.96. The molecule has 2 aromatic carbocycles. The fourth-order valence-electron chi connectivity index (χ4n) is 5.05. The van der Waals surface area contributed by atoms with E-state index in [-0.39, 0.29) is 29.5 Å². The highest BCUT2D eigenvalue weighted by atomic mass is 32.2. The zero-order chi connectivity index (χ0) is 28.2. The van der Waals surface area contributed by atoms with Gasteiger partial charge in [0.05, 0.1) is 23.6 Å². The number of piperidine rings is 1. The Labute approximate surface area is 229 Å². The maximum Gasteiger partial charge on any atom is 0.407 e. The quantitative estimate of drug-likeness (QED) is 0.454. The maximum absolute atomic E-state index is 13.4. The molecular formula is C28H36N4O6S. The number of rotatable bonds is 9. The van der Waals surface area contributed by atoms with Gasteiger partial charge in [-0.2, -0.15) is 0 Å². The molecule has 10 nitrogen and oxygen atoms in total. The number of carbonyl (C=O) groups excluding carboxylic acids is 3. The van der Waals surface area contributed by atoms with Crippen molar-refractivity contribution in [2.75, 3.05) is 25.9 Å². The summed E-state index contributed by atoms with van der Waals surface area (Å²) in [6.07, 6.45) is 2.10. The fraction of sp³-hybridized carbons (Fsp3) is 0.464. The molecule has 2 aromatic rings. The van der Waals surface area contributed by atoms with E-state index in [0.29, 0.717) is 44.5 Å². The van der Waals surface area contributed by atoms with Crippen molar-refractivity contribution in [2.24, 2.45) is 0 Å². The molecule has 0 bridgehead atoms. The van der Waals surface area contributed by atoms with E-state index in [4.69, 9.17) is 4.74 Å². The number of nitrogens with one attached hydrogen (secondary N) is 2. The molecule has 2 aliphatic rings. The predicted molar refractivity (Wildman–Crippen MR) is 146 cm³/mol. The predicted octanol–water partition coefficient (Wildman–Crippen LogP) is 3.24. The largest absolute Gasteiger partial charge is 0.447 e. The van der Waals surface area contributed by atoms with E-state index in [1.807, 2.05) is 30.3 Å². The molecule has 1 spiro atoms. The molecule has 2 fully saturated rings. The highest BCUT2D eigenvalue weighted by Crippen LogP contribution is 2.31. The molecule has 4 amide bonds. The Kier molecular flexibility index (Phi) is 8.60. The minimum atomic E-state index is -3.32. The van der Waals surface area contributed by atoms with Gasteiger partial charge in [0.2, 0.25) is 0 Å². The third-order valence-electron chi connectivity index (χ3n) is 7.22. The summed E-state index contributed by atoms with van der Waals surface area (Å²) in [5.74, 6) is -0.250. The zero-order valence-electron chi connectivity index (χ0n) is 22.6. The van der Waals surface area contributed by atoms with Gasteiger partial charge in [-0.1, -0.05) is 42.5 Å². The lowest BCUT2D eigenvalue weighted by Gasteiger charge is -2.37. The van der Waals surface area contributed by atoms with Crippen molar-refractivity contribution in [3.8, 4) is 0 Å². The third-order valence-corrected chi connectivity index (χ3v) is 8.35. The summed E-state index contributed by atoms with van der Waals surface area (Å²) >= 11 is 0. The van der Waals surface area contributed by atoms with E-state index in [1.165, 1.54) is 17.0 Å². The molecule has 1 atom stereocenters. The zero-order valence-corrected chi connectivity index (χ0v) is 23.4. The molecule has 1 unspecified atom stereocenters. The molecule has 0 aromatic heterocycles. The van der Waals surface area contributed by atoms with E-state index in [1.54, 1.807) is 26.0 Å². The van der Waals surface area contributed by atoms with Crippen molar-refractivity contribution in [3.05, 3.63) is 65.7 Å². The molecule has 2 saturated heterocycles. The van der Waals surface area contributed by atoms with Crippen molar-refractivity contribution >= 4 is 27.9 Å². The van der Waals surface area contributed by atoms with Crippen molar-refractivity contribution in [1.29, 1.82) is 0 Å². The molecule has 2 heterocycles. The summed E-state index contributed by atoms with van der Waals surface area (Å²) in [5, 5.41) is 5.89. The number of benzene rings is 2. The first-order valence-corrected chi connectivity index (χ1v) is 15.0. The van der Waals surface area contributed by atoms with Crippen LogP contribution in [0.3, 0.4) is 0 Å². The lowest BCUT2D eigenvalue weighted by atomic mass is 9.87. The monoisotopic (exact) mass is 556 g/mol. The van der Waals surface area contributed by atoms with Crippen LogP contribution in [0.25, 0.3) is 0 Å². The number of nitrogens with zero attached hydrogens (tertiary/aromatic N) is 2. The molecule has 0 saturated carbocycles. The lowest BCUT2D eigenvalue weighted by molar-refractivity contribution is -0.133. The van der Waals surface area contributed by atoms with E-state index in [9.17, 15) is 22.8 Å². The van der Waals surface area contributed by atoms with Crippen molar-refractivity contribution in [3.63, 3.8) is 0 Å². The second-order valence-corrected chi connectivity index (χ2v) is 12.5. The number of alkyl carbamates (subject to hydrolysis) is 1. The number of sulfone groups is 1. The number of urea groups is 1. The molecule has 2 aliphatic heterocycles. The minimum Gasteiger partial charge on any atom is -0.447 e. The highest BCUT2D eigenvalue weighted by molar-refractivity contribution is 7.90. The molecule has 39 heavy (non-hydrogen) atoms. The van der Waals surface area contributed by atoms with Crippen LogP contribution in [0.4, 0.5) is 9.59 Å². The van der Waals surface area contributed by atoms with Crippen LogP contribution in [0.1, 0.15) is 50.3 Å². The van der Waals surface area contributed by atoms with Crippen LogP contribution < -0.4 is 10.6 Å². The first kappa shape index (κ1) is 28.6. The Hall–Kier alpha value is -3.44. The van der Waals surface area contributed by atoms with Gasteiger partial charge in [-0.05, 0) is 56.4 Å². The maximum atomic E-state index is 13.4. The molecule has 2 N–H and O–H groups in total. The molecule has 4 rings (SSSR count). The van der Waals surface area contributed by atoms with Gasteiger partial charge in [0.25, 0.3) is 5.91 Å². The minimum absolute atomic E-state index is 0.0804. The standard InChI is InChI=1S/C28H36N4O6S/c1-20(2)38-27(35)29-24(22-7-5-4-6-8-22)13-16-31-17-14-28(15-18-31)25(33)32(26(34)30-28)19-21-9-11-23(12-10-21)39(3,36)37/h4-12,20,24H,13-19H2,1-3H3,(H,29,35)(H,30,34). The molecule has 0 aliphatic carbocycles.